The first-order valence-corrected chi connectivity index (χ1v) is 6.94. The van der Waals surface area contributed by atoms with Gasteiger partial charge in [0.1, 0.15) is 0 Å². The van der Waals surface area contributed by atoms with Crippen molar-refractivity contribution in [2.45, 2.75) is 26.4 Å². The van der Waals surface area contributed by atoms with E-state index in [1.54, 1.807) is 6.07 Å². The molecule has 0 aliphatic heterocycles. The maximum atomic E-state index is 10.1. The standard InChI is InChI=1S/C17H21NO2/c1-3-20-16-11-7-10-15(17(16)19)12-18-13(2)14-8-5-4-6-9-14/h4-11,13,18-19H,3,12H2,1-2H3/t13-/m1/s1. The van der Waals surface area contributed by atoms with Gasteiger partial charge in [-0.3, -0.25) is 0 Å². The van der Waals surface area contributed by atoms with Crippen LogP contribution in [0.25, 0.3) is 0 Å². The van der Waals surface area contributed by atoms with E-state index in [1.165, 1.54) is 5.56 Å². The molecular weight excluding hydrogens is 250 g/mol. The normalized spacial score (nSPS) is 12.1. The molecule has 0 saturated heterocycles. The SMILES string of the molecule is CCOc1cccc(CN[C@H](C)c2ccccc2)c1O. The molecule has 106 valence electrons. The Morgan fingerprint density at radius 1 is 1.10 bits per heavy atom. The maximum absolute atomic E-state index is 10.1. The molecule has 1 atom stereocenters. The second-order valence-electron chi connectivity index (χ2n) is 4.71. The molecule has 0 saturated carbocycles. The van der Waals surface area contributed by atoms with Crippen LogP contribution in [0.15, 0.2) is 48.5 Å². The van der Waals surface area contributed by atoms with E-state index < -0.39 is 0 Å². The lowest BCUT2D eigenvalue weighted by atomic mass is 10.1. The van der Waals surface area contributed by atoms with Gasteiger partial charge in [-0.1, -0.05) is 42.5 Å². The predicted octanol–water partition coefficient (Wildman–Crippen LogP) is 3.64. The van der Waals surface area contributed by atoms with Crippen LogP contribution in [0.4, 0.5) is 0 Å². The lowest BCUT2D eigenvalue weighted by molar-refractivity contribution is 0.316. The Bertz CT molecular complexity index is 540. The molecule has 3 heteroatoms. The van der Waals surface area contributed by atoms with Crippen molar-refractivity contribution in [3.63, 3.8) is 0 Å². The van der Waals surface area contributed by atoms with Gasteiger partial charge in [0.05, 0.1) is 6.61 Å². The molecule has 2 N–H and O–H groups in total. The van der Waals surface area contributed by atoms with Crippen LogP contribution in [0.1, 0.15) is 31.0 Å². The smallest absolute Gasteiger partial charge is 0.162 e. The molecule has 0 aliphatic rings. The average molecular weight is 271 g/mol. The van der Waals surface area contributed by atoms with Gasteiger partial charge < -0.3 is 15.2 Å². The molecule has 20 heavy (non-hydrogen) atoms. The van der Waals surface area contributed by atoms with Crippen molar-refractivity contribution in [1.82, 2.24) is 5.32 Å². The molecule has 0 aliphatic carbocycles. The molecule has 0 heterocycles. The number of aromatic hydroxyl groups is 1. The van der Waals surface area contributed by atoms with Crippen LogP contribution in [0, 0.1) is 0 Å². The fourth-order valence-corrected chi connectivity index (χ4v) is 2.11. The molecule has 2 rings (SSSR count). The van der Waals surface area contributed by atoms with E-state index in [4.69, 9.17) is 4.74 Å². The highest BCUT2D eigenvalue weighted by molar-refractivity contribution is 5.45. The van der Waals surface area contributed by atoms with Gasteiger partial charge in [0.25, 0.3) is 0 Å². The lowest BCUT2D eigenvalue weighted by Crippen LogP contribution is -2.18. The monoisotopic (exact) mass is 271 g/mol. The van der Waals surface area contributed by atoms with Gasteiger partial charge in [0, 0.05) is 18.2 Å². The fourth-order valence-electron chi connectivity index (χ4n) is 2.11. The third kappa shape index (κ3) is 3.52. The number of hydrogen-bond acceptors (Lipinski definition) is 3. The highest BCUT2D eigenvalue weighted by Gasteiger charge is 2.09. The first kappa shape index (κ1) is 14.4. The number of rotatable bonds is 6. The Hall–Kier alpha value is -2.00. The van der Waals surface area contributed by atoms with Crippen LogP contribution in [0.3, 0.4) is 0 Å². The van der Waals surface area contributed by atoms with E-state index in [1.807, 2.05) is 37.3 Å². The lowest BCUT2D eigenvalue weighted by Gasteiger charge is -2.16. The Morgan fingerprint density at radius 2 is 1.85 bits per heavy atom. The summed E-state index contributed by atoms with van der Waals surface area (Å²) in [6.07, 6.45) is 0. The molecule has 0 amide bonds. The zero-order chi connectivity index (χ0) is 14.4. The molecule has 0 unspecified atom stereocenters. The van der Waals surface area contributed by atoms with Gasteiger partial charge in [-0.05, 0) is 25.5 Å². The Labute approximate surface area is 120 Å². The van der Waals surface area contributed by atoms with Crippen molar-refractivity contribution in [3.05, 3.63) is 59.7 Å². The second kappa shape index (κ2) is 6.96. The van der Waals surface area contributed by atoms with Crippen LogP contribution in [0.5, 0.6) is 11.5 Å². The third-order valence-electron chi connectivity index (χ3n) is 3.28. The summed E-state index contributed by atoms with van der Waals surface area (Å²) >= 11 is 0. The van der Waals surface area contributed by atoms with Gasteiger partial charge in [-0.15, -0.1) is 0 Å². The number of hydrogen-bond donors (Lipinski definition) is 2. The highest BCUT2D eigenvalue weighted by atomic mass is 16.5. The number of phenolic OH excluding ortho intramolecular Hbond substituents is 1. The number of phenols is 1. The number of para-hydroxylation sites is 1. The van der Waals surface area contributed by atoms with Crippen molar-refractivity contribution in [2.24, 2.45) is 0 Å². The van der Waals surface area contributed by atoms with Crippen LogP contribution in [0.2, 0.25) is 0 Å². The van der Waals surface area contributed by atoms with Crippen LogP contribution in [-0.4, -0.2) is 11.7 Å². The minimum absolute atomic E-state index is 0.224. The summed E-state index contributed by atoms with van der Waals surface area (Å²) < 4.78 is 5.39. The largest absolute Gasteiger partial charge is 0.504 e. The summed E-state index contributed by atoms with van der Waals surface area (Å²) in [4.78, 5) is 0. The molecule has 2 aromatic carbocycles. The summed E-state index contributed by atoms with van der Waals surface area (Å²) in [5, 5.41) is 13.5. The second-order valence-corrected chi connectivity index (χ2v) is 4.71. The van der Waals surface area contributed by atoms with E-state index in [0.717, 1.165) is 5.56 Å². The summed E-state index contributed by atoms with van der Waals surface area (Å²) in [7, 11) is 0. The van der Waals surface area contributed by atoms with Crippen molar-refractivity contribution < 1.29 is 9.84 Å². The highest BCUT2D eigenvalue weighted by Crippen LogP contribution is 2.30. The first-order chi connectivity index (χ1) is 9.72. The zero-order valence-electron chi connectivity index (χ0n) is 12.0. The Morgan fingerprint density at radius 3 is 2.55 bits per heavy atom. The number of benzene rings is 2. The molecule has 0 aromatic heterocycles. The Kier molecular flexibility index (Phi) is 5.02. The van der Waals surface area contributed by atoms with E-state index in [-0.39, 0.29) is 11.8 Å². The molecule has 0 spiro atoms. The van der Waals surface area contributed by atoms with Crippen molar-refractivity contribution in [2.75, 3.05) is 6.61 Å². The first-order valence-electron chi connectivity index (χ1n) is 6.94. The van der Waals surface area contributed by atoms with Crippen LogP contribution in [-0.2, 0) is 6.54 Å². The third-order valence-corrected chi connectivity index (χ3v) is 3.28. The summed E-state index contributed by atoms with van der Waals surface area (Å²) in [6, 6.07) is 16.1. The van der Waals surface area contributed by atoms with E-state index in [9.17, 15) is 5.11 Å². The zero-order valence-corrected chi connectivity index (χ0v) is 12.0. The molecule has 3 nitrogen and oxygen atoms in total. The van der Waals surface area contributed by atoms with Gasteiger partial charge >= 0.3 is 0 Å². The minimum atomic E-state index is 0.224. The number of nitrogens with one attached hydrogen (secondary N) is 1. The number of ether oxygens (including phenoxy) is 1. The van der Waals surface area contributed by atoms with Crippen molar-refractivity contribution in [1.29, 1.82) is 0 Å². The van der Waals surface area contributed by atoms with Gasteiger partial charge in [0.15, 0.2) is 11.5 Å². The van der Waals surface area contributed by atoms with E-state index >= 15 is 0 Å². The predicted molar refractivity (Wildman–Crippen MR) is 81.0 cm³/mol. The molecule has 2 aromatic rings. The molecule has 0 radical (unpaired) electrons. The maximum Gasteiger partial charge on any atom is 0.162 e. The average Bonchev–Trinajstić information content (AvgIpc) is 2.49. The summed E-state index contributed by atoms with van der Waals surface area (Å²) in [5.74, 6) is 0.765. The topological polar surface area (TPSA) is 41.5 Å². The van der Waals surface area contributed by atoms with Gasteiger partial charge in [-0.25, -0.2) is 0 Å². The van der Waals surface area contributed by atoms with E-state index in [2.05, 4.69) is 24.4 Å². The fraction of sp³-hybridized carbons (Fsp3) is 0.294. The van der Waals surface area contributed by atoms with Crippen LogP contribution < -0.4 is 10.1 Å². The molecular formula is C17H21NO2. The summed E-state index contributed by atoms with van der Waals surface area (Å²) in [6.45, 7) is 5.16. The van der Waals surface area contributed by atoms with Gasteiger partial charge in [-0.2, -0.15) is 0 Å². The summed E-state index contributed by atoms with van der Waals surface area (Å²) in [5.41, 5.74) is 2.08. The minimum Gasteiger partial charge on any atom is -0.504 e. The van der Waals surface area contributed by atoms with Crippen molar-refractivity contribution >= 4 is 0 Å². The van der Waals surface area contributed by atoms with E-state index in [0.29, 0.717) is 18.9 Å². The van der Waals surface area contributed by atoms with Crippen LogP contribution >= 0.6 is 0 Å². The molecule has 0 bridgehead atoms. The van der Waals surface area contributed by atoms with Crippen molar-refractivity contribution in [3.8, 4) is 11.5 Å². The van der Waals surface area contributed by atoms with Gasteiger partial charge in [0.2, 0.25) is 0 Å². The molecule has 0 fully saturated rings. The Balaban J connectivity index is 2.02. The quantitative estimate of drug-likeness (QED) is 0.842.